The molecule has 6 heteroatoms. The molecular weight excluding hydrogens is 288 g/mol. The van der Waals surface area contributed by atoms with Crippen LogP contribution in [0.25, 0.3) is 0 Å². The van der Waals surface area contributed by atoms with Crippen molar-refractivity contribution in [1.82, 2.24) is 9.62 Å². The number of hydrogen-bond donors (Lipinski definition) is 1. The molecule has 5 nitrogen and oxygen atoms in total. The zero-order valence-electron chi connectivity index (χ0n) is 12.8. The summed E-state index contributed by atoms with van der Waals surface area (Å²) in [4.78, 5) is 0.269. The molecule has 1 aliphatic rings. The highest BCUT2D eigenvalue weighted by Crippen LogP contribution is 2.25. The van der Waals surface area contributed by atoms with Gasteiger partial charge in [0.1, 0.15) is 16.4 Å². The molecule has 0 radical (unpaired) electrons. The molecule has 118 valence electrons. The summed E-state index contributed by atoms with van der Waals surface area (Å²) in [5, 5.41) is 3.33. The molecule has 0 unspecified atom stereocenters. The Kier molecular flexibility index (Phi) is 5.24. The zero-order chi connectivity index (χ0) is 15.5. The van der Waals surface area contributed by atoms with E-state index in [2.05, 4.69) is 11.9 Å². The van der Waals surface area contributed by atoms with Gasteiger partial charge in [-0.05, 0) is 26.2 Å². The van der Waals surface area contributed by atoms with E-state index in [-0.39, 0.29) is 4.90 Å². The Morgan fingerprint density at radius 1 is 1.52 bits per heavy atom. The van der Waals surface area contributed by atoms with E-state index < -0.39 is 10.0 Å². The monoisotopic (exact) mass is 312 g/mol. The fourth-order valence-corrected chi connectivity index (χ4v) is 3.93. The van der Waals surface area contributed by atoms with Crippen molar-refractivity contribution in [3.05, 3.63) is 30.2 Å². The van der Waals surface area contributed by atoms with Crippen molar-refractivity contribution < 1.29 is 12.8 Å². The van der Waals surface area contributed by atoms with E-state index in [9.17, 15) is 8.42 Å². The lowest BCUT2D eigenvalue weighted by Gasteiger charge is -2.19. The molecule has 1 aromatic heterocycles. The molecule has 0 aromatic carbocycles. The van der Waals surface area contributed by atoms with E-state index in [1.165, 1.54) is 17.1 Å². The summed E-state index contributed by atoms with van der Waals surface area (Å²) < 4.78 is 32.4. The summed E-state index contributed by atoms with van der Waals surface area (Å²) >= 11 is 0. The number of sulfonamides is 1. The second kappa shape index (κ2) is 6.77. The topological polar surface area (TPSA) is 62.6 Å². The molecule has 21 heavy (non-hydrogen) atoms. The van der Waals surface area contributed by atoms with Gasteiger partial charge in [-0.15, -0.1) is 6.58 Å². The summed E-state index contributed by atoms with van der Waals surface area (Å²) in [5.41, 5.74) is 0. The van der Waals surface area contributed by atoms with Gasteiger partial charge in [0.2, 0.25) is 10.0 Å². The van der Waals surface area contributed by atoms with E-state index >= 15 is 0 Å². The van der Waals surface area contributed by atoms with Crippen LogP contribution in [0.4, 0.5) is 0 Å². The van der Waals surface area contributed by atoms with Crippen LogP contribution >= 0.6 is 0 Å². The third kappa shape index (κ3) is 3.96. The van der Waals surface area contributed by atoms with E-state index in [1.54, 1.807) is 19.1 Å². The van der Waals surface area contributed by atoms with Crippen molar-refractivity contribution >= 4 is 10.0 Å². The molecule has 2 rings (SSSR count). The number of rotatable bonds is 9. The lowest BCUT2D eigenvalue weighted by molar-refractivity contribution is 0.434. The molecule has 0 aliphatic heterocycles. The third-order valence-corrected chi connectivity index (χ3v) is 5.46. The van der Waals surface area contributed by atoms with E-state index in [0.29, 0.717) is 37.2 Å². The molecule has 0 atom stereocenters. The van der Waals surface area contributed by atoms with Crippen LogP contribution in [0, 0.1) is 6.92 Å². The Morgan fingerprint density at radius 2 is 2.24 bits per heavy atom. The Labute approximate surface area is 127 Å². The summed E-state index contributed by atoms with van der Waals surface area (Å²) in [6.07, 6.45) is 4.75. The summed E-state index contributed by atoms with van der Waals surface area (Å²) in [7, 11) is -3.52. The number of nitrogens with one attached hydrogen (secondary N) is 1. The number of furan rings is 1. The highest BCUT2D eigenvalue weighted by molar-refractivity contribution is 7.89. The quantitative estimate of drug-likeness (QED) is 0.711. The van der Waals surface area contributed by atoms with Gasteiger partial charge in [-0.25, -0.2) is 8.42 Å². The van der Waals surface area contributed by atoms with Crippen LogP contribution in [-0.4, -0.2) is 31.9 Å². The van der Waals surface area contributed by atoms with Crippen molar-refractivity contribution in [2.75, 3.05) is 13.1 Å². The van der Waals surface area contributed by atoms with Gasteiger partial charge < -0.3 is 9.73 Å². The van der Waals surface area contributed by atoms with Crippen molar-refractivity contribution in [3.63, 3.8) is 0 Å². The maximum Gasteiger partial charge on any atom is 0.246 e. The number of nitrogens with zero attached hydrogens (tertiary/aromatic N) is 1. The SMILES string of the molecule is C=CCN(CCC)S(=O)(=O)c1cc(CNC2CC2)oc1C. The lowest BCUT2D eigenvalue weighted by atomic mass is 10.4. The Bertz CT molecular complexity index is 588. The van der Waals surface area contributed by atoms with E-state index in [1.807, 2.05) is 6.92 Å². The molecule has 0 bridgehead atoms. The van der Waals surface area contributed by atoms with Crippen LogP contribution in [0.2, 0.25) is 0 Å². The Balaban J connectivity index is 2.18. The van der Waals surface area contributed by atoms with Crippen LogP contribution in [0.5, 0.6) is 0 Å². The summed E-state index contributed by atoms with van der Waals surface area (Å²) in [5.74, 6) is 1.13. The Morgan fingerprint density at radius 3 is 2.81 bits per heavy atom. The van der Waals surface area contributed by atoms with Gasteiger partial charge in [0.05, 0.1) is 6.54 Å². The molecule has 1 aliphatic carbocycles. The highest BCUT2D eigenvalue weighted by atomic mass is 32.2. The average molecular weight is 312 g/mol. The molecule has 0 spiro atoms. The molecule has 1 N–H and O–H groups in total. The van der Waals surface area contributed by atoms with Crippen molar-refractivity contribution in [2.45, 2.75) is 50.6 Å². The second-order valence-corrected chi connectivity index (χ2v) is 7.35. The van der Waals surface area contributed by atoms with Crippen LogP contribution in [0.15, 0.2) is 28.0 Å². The second-order valence-electron chi connectivity index (χ2n) is 5.44. The minimum Gasteiger partial charge on any atom is -0.464 e. The van der Waals surface area contributed by atoms with Gasteiger partial charge >= 0.3 is 0 Å². The first-order valence-electron chi connectivity index (χ1n) is 7.42. The number of aryl methyl sites for hydroxylation is 1. The van der Waals surface area contributed by atoms with Crippen molar-refractivity contribution in [3.8, 4) is 0 Å². The smallest absolute Gasteiger partial charge is 0.246 e. The molecule has 0 amide bonds. The third-order valence-electron chi connectivity index (χ3n) is 3.49. The average Bonchev–Trinajstić information content (AvgIpc) is 3.18. The van der Waals surface area contributed by atoms with E-state index in [4.69, 9.17) is 4.42 Å². The lowest BCUT2D eigenvalue weighted by Crippen LogP contribution is -2.32. The van der Waals surface area contributed by atoms with Crippen molar-refractivity contribution in [1.29, 1.82) is 0 Å². The normalized spacial score (nSPS) is 15.6. The van der Waals surface area contributed by atoms with Gasteiger partial charge in [0, 0.05) is 25.2 Å². The maximum absolute atomic E-state index is 12.7. The van der Waals surface area contributed by atoms with Crippen molar-refractivity contribution in [2.24, 2.45) is 0 Å². The maximum atomic E-state index is 12.7. The Hall–Kier alpha value is -1.11. The predicted molar refractivity (Wildman–Crippen MR) is 82.6 cm³/mol. The minimum absolute atomic E-state index is 0.269. The van der Waals surface area contributed by atoms with Crippen LogP contribution < -0.4 is 5.32 Å². The molecule has 1 aromatic rings. The summed E-state index contributed by atoms with van der Waals surface area (Å²) in [6, 6.07) is 2.21. The first-order chi connectivity index (χ1) is 9.98. The fourth-order valence-electron chi connectivity index (χ4n) is 2.24. The van der Waals surface area contributed by atoms with Gasteiger partial charge in [-0.2, -0.15) is 4.31 Å². The standard InChI is InChI=1S/C15H24N2O3S/c1-4-8-17(9-5-2)21(18,19)15-10-14(20-12(15)3)11-16-13-6-7-13/h4,10,13,16H,1,5-9,11H2,2-3H3. The first-order valence-corrected chi connectivity index (χ1v) is 8.86. The van der Waals surface area contributed by atoms with E-state index in [0.717, 1.165) is 6.42 Å². The molecule has 1 heterocycles. The largest absolute Gasteiger partial charge is 0.464 e. The van der Waals surface area contributed by atoms with Gasteiger partial charge in [0.25, 0.3) is 0 Å². The molecule has 0 saturated heterocycles. The van der Waals surface area contributed by atoms with Crippen LogP contribution in [0.3, 0.4) is 0 Å². The van der Waals surface area contributed by atoms with Crippen LogP contribution in [-0.2, 0) is 16.6 Å². The molecular formula is C15H24N2O3S. The molecule has 1 fully saturated rings. The predicted octanol–water partition coefficient (Wildman–Crippen LogP) is 2.43. The fraction of sp³-hybridized carbons (Fsp3) is 0.600. The first kappa shape index (κ1) is 16.3. The summed E-state index contributed by atoms with van der Waals surface area (Å²) in [6.45, 7) is 8.67. The minimum atomic E-state index is -3.52. The van der Waals surface area contributed by atoms with Crippen LogP contribution in [0.1, 0.15) is 37.7 Å². The molecule has 1 saturated carbocycles. The highest BCUT2D eigenvalue weighted by Gasteiger charge is 2.28. The van der Waals surface area contributed by atoms with Gasteiger partial charge in [-0.1, -0.05) is 13.0 Å². The van der Waals surface area contributed by atoms with Gasteiger partial charge in [0.15, 0.2) is 0 Å². The van der Waals surface area contributed by atoms with Gasteiger partial charge in [-0.3, -0.25) is 0 Å². The number of hydrogen-bond acceptors (Lipinski definition) is 4. The zero-order valence-corrected chi connectivity index (χ0v) is 13.6.